The molecule has 73 heavy (non-hydrogen) atoms. The first-order valence-corrected chi connectivity index (χ1v) is 23.1. The van der Waals surface area contributed by atoms with E-state index in [2.05, 4.69) is 10.6 Å². The van der Waals surface area contributed by atoms with Crippen molar-refractivity contribution in [3.05, 3.63) is 0 Å². The molecule has 0 spiro atoms. The molecule has 0 aromatic heterocycles. The maximum atomic E-state index is 12.4. The molecule has 0 aromatic rings. The molecule has 0 saturated carbocycles. The fourth-order valence-corrected chi connectivity index (χ4v) is 9.22. The Balaban J connectivity index is 1.15. The van der Waals surface area contributed by atoms with Gasteiger partial charge in [-0.1, -0.05) is 0 Å². The summed E-state index contributed by atoms with van der Waals surface area (Å²) in [7, 11) is 0. The van der Waals surface area contributed by atoms with Crippen molar-refractivity contribution >= 4 is 11.8 Å². The summed E-state index contributed by atoms with van der Waals surface area (Å²) in [5.41, 5.74) is 0. The van der Waals surface area contributed by atoms with E-state index in [1.54, 1.807) is 0 Å². The average molecular weight is 1070 g/mol. The Hall–Kier alpha value is -2.22. The van der Waals surface area contributed by atoms with E-state index >= 15 is 0 Å². The minimum Gasteiger partial charge on any atom is -0.394 e. The SMILES string of the molecule is CC(=O)N[C@@H]1[C@@H](O)[C@H](O[C@@H]2O[C@H](CO)[C@H](O)[C@H](O)[C@H]2O)[C@@H](CO[C@@H]2O[C@H](CO)[C@@H](O[C@@H]3O[C@H](CO)[C@H](O)[C@H](O[C@@H]4O[C@H](CO)[C@@H](O[C@@H]5O[C@H](CO)[C@H](O)[C@H](O)[C@H]5O)[C@H](O)[C@H]4NC(C)=O)[C@H]3O)[C@H](O)[C@H]2O)O[C@H]1O. The first kappa shape index (κ1) is 60.0. The predicted molar refractivity (Wildman–Crippen MR) is 222 cm³/mol. The van der Waals surface area contributed by atoms with Crippen molar-refractivity contribution in [2.45, 2.75) is 198 Å². The molecule has 6 rings (SSSR count). The Morgan fingerprint density at radius 2 is 0.712 bits per heavy atom. The fourth-order valence-electron chi connectivity index (χ4n) is 9.22. The first-order valence-electron chi connectivity index (χ1n) is 23.1. The molecule has 424 valence electrons. The number of hydrogen-bond acceptors (Lipinski definition) is 31. The van der Waals surface area contributed by atoms with Gasteiger partial charge in [0.15, 0.2) is 37.7 Å². The number of carbonyl (C=O) groups excluding carboxylic acids is 2. The molecule has 6 saturated heterocycles. The largest absolute Gasteiger partial charge is 0.394 e. The van der Waals surface area contributed by atoms with Crippen LogP contribution < -0.4 is 10.6 Å². The maximum absolute atomic E-state index is 12.4. The van der Waals surface area contributed by atoms with Crippen molar-refractivity contribution in [1.82, 2.24) is 10.6 Å². The van der Waals surface area contributed by atoms with Crippen LogP contribution in [0, 0.1) is 0 Å². The highest BCUT2D eigenvalue weighted by atomic mass is 16.8. The number of aliphatic hydroxyl groups excluding tert-OH is 18. The van der Waals surface area contributed by atoms with Crippen LogP contribution in [0.15, 0.2) is 0 Å². The molecule has 30 atom stereocenters. The van der Waals surface area contributed by atoms with Gasteiger partial charge in [-0.15, -0.1) is 0 Å². The molecular formula is C40H68N2O31. The van der Waals surface area contributed by atoms with Crippen molar-refractivity contribution in [3.63, 3.8) is 0 Å². The van der Waals surface area contributed by atoms with E-state index < -0.39 is 236 Å². The topological polar surface area (TPSA) is 524 Å². The lowest BCUT2D eigenvalue weighted by atomic mass is 9.94. The van der Waals surface area contributed by atoms with Gasteiger partial charge in [-0.3, -0.25) is 9.59 Å². The van der Waals surface area contributed by atoms with E-state index in [9.17, 15) is 102 Å². The van der Waals surface area contributed by atoms with Gasteiger partial charge in [-0.05, 0) is 0 Å². The van der Waals surface area contributed by atoms with Crippen LogP contribution in [-0.4, -0.2) is 327 Å². The average Bonchev–Trinajstić information content (AvgIpc) is 3.35. The van der Waals surface area contributed by atoms with Gasteiger partial charge in [0.1, 0.15) is 146 Å². The molecule has 0 unspecified atom stereocenters. The summed E-state index contributed by atoms with van der Waals surface area (Å²) in [5.74, 6) is -1.56. The van der Waals surface area contributed by atoms with Crippen LogP contribution in [0.1, 0.15) is 13.8 Å². The second-order valence-corrected chi connectivity index (χ2v) is 18.3. The van der Waals surface area contributed by atoms with E-state index in [-0.39, 0.29) is 0 Å². The normalized spacial score (nSPS) is 49.8. The Morgan fingerprint density at radius 3 is 1.18 bits per heavy atom. The van der Waals surface area contributed by atoms with Crippen LogP contribution in [-0.2, 0) is 61.7 Å². The molecule has 33 heteroatoms. The van der Waals surface area contributed by atoms with Gasteiger partial charge in [0.25, 0.3) is 0 Å². The van der Waals surface area contributed by atoms with Gasteiger partial charge in [0, 0.05) is 13.8 Å². The van der Waals surface area contributed by atoms with Crippen LogP contribution in [0.5, 0.6) is 0 Å². The predicted octanol–water partition coefficient (Wildman–Crippen LogP) is -13.8. The Bertz CT molecular complexity index is 1740. The second-order valence-electron chi connectivity index (χ2n) is 18.3. The summed E-state index contributed by atoms with van der Waals surface area (Å²) < 4.78 is 62.2. The molecule has 33 nitrogen and oxygen atoms in total. The van der Waals surface area contributed by atoms with Crippen molar-refractivity contribution in [3.8, 4) is 0 Å². The highest BCUT2D eigenvalue weighted by Crippen LogP contribution is 2.36. The molecular weight excluding hydrogens is 1000 g/mol. The fraction of sp³-hybridized carbons (Fsp3) is 0.950. The summed E-state index contributed by atoms with van der Waals surface area (Å²) in [6.45, 7) is -3.50. The number of hydrogen-bond donors (Lipinski definition) is 20. The van der Waals surface area contributed by atoms with Crippen molar-refractivity contribution in [1.29, 1.82) is 0 Å². The van der Waals surface area contributed by atoms with E-state index in [1.165, 1.54) is 0 Å². The highest BCUT2D eigenvalue weighted by Gasteiger charge is 2.57. The van der Waals surface area contributed by atoms with E-state index in [1.807, 2.05) is 0 Å². The standard InChI is InChI=1S/C40H68N2O31/c1-9(48)41-17-22(53)33(72-39-28(59)25(56)20(51)12(4-44)66-39)16(64-35(17)62)8-63-37-29(60)26(57)32(15(7-47)69-37)71-40-30(61)34(21(52)13(5-45)67-40)73-36-18(42-10(2)49)23(54)31(14(6-46)68-36)70-38-27(58)24(55)19(50)11(3-43)65-38/h11-40,43-47,50-62H,3-8H2,1-2H3,(H,41,48)(H,42,49)/t11-,12-,13-,14-,15-,16-,17-,18-,19+,20+,21+,22-,23-,24+,25+,26-,27-,28-,29-,30-,31-,32-,33-,34+,35-,36+,37-,38+,39+,40+/m1/s1. The minimum absolute atomic E-state index is 0.742. The smallest absolute Gasteiger partial charge is 0.217 e. The summed E-state index contributed by atoms with van der Waals surface area (Å²) in [6.07, 6.45) is -52.4. The Labute approximate surface area is 413 Å². The lowest BCUT2D eigenvalue weighted by molar-refractivity contribution is -0.383. The van der Waals surface area contributed by atoms with Gasteiger partial charge >= 0.3 is 0 Å². The number of rotatable bonds is 18. The third-order valence-electron chi connectivity index (χ3n) is 13.2. The zero-order valence-electron chi connectivity index (χ0n) is 38.9. The molecule has 6 aliphatic heterocycles. The van der Waals surface area contributed by atoms with E-state index in [4.69, 9.17) is 52.1 Å². The molecule has 0 radical (unpaired) electrons. The van der Waals surface area contributed by atoms with Crippen LogP contribution in [0.4, 0.5) is 0 Å². The van der Waals surface area contributed by atoms with Gasteiger partial charge in [0.2, 0.25) is 11.8 Å². The number of carbonyl (C=O) groups is 2. The van der Waals surface area contributed by atoms with Crippen LogP contribution >= 0.6 is 0 Å². The third-order valence-corrected chi connectivity index (χ3v) is 13.2. The Morgan fingerprint density at radius 1 is 0.356 bits per heavy atom. The van der Waals surface area contributed by atoms with Crippen molar-refractivity contribution in [2.75, 3.05) is 39.6 Å². The summed E-state index contributed by atoms with van der Waals surface area (Å²) in [5, 5.41) is 196. The lowest BCUT2D eigenvalue weighted by Crippen LogP contribution is -2.70. The van der Waals surface area contributed by atoms with Crippen molar-refractivity contribution < 1.29 is 154 Å². The second kappa shape index (κ2) is 26.0. The Kier molecular flexibility index (Phi) is 21.3. The number of nitrogens with one attached hydrogen (secondary N) is 2. The quantitative estimate of drug-likeness (QED) is 0.0606. The van der Waals surface area contributed by atoms with E-state index in [0.717, 1.165) is 13.8 Å². The highest BCUT2D eigenvalue weighted by molar-refractivity contribution is 5.73. The van der Waals surface area contributed by atoms with Gasteiger partial charge < -0.3 is 155 Å². The van der Waals surface area contributed by atoms with Crippen molar-refractivity contribution in [2.24, 2.45) is 0 Å². The van der Waals surface area contributed by atoms with E-state index in [0.29, 0.717) is 0 Å². The molecule has 20 N–H and O–H groups in total. The first-order chi connectivity index (χ1) is 34.5. The number of ether oxygens (including phenoxy) is 11. The zero-order chi connectivity index (χ0) is 53.9. The summed E-state index contributed by atoms with van der Waals surface area (Å²) in [6, 6.07) is -3.31. The van der Waals surface area contributed by atoms with Crippen LogP contribution in [0.3, 0.4) is 0 Å². The van der Waals surface area contributed by atoms with Gasteiger partial charge in [-0.25, -0.2) is 0 Å². The van der Waals surface area contributed by atoms with Crippen LogP contribution in [0.2, 0.25) is 0 Å². The lowest BCUT2D eigenvalue weighted by Gasteiger charge is -2.50. The summed E-state index contributed by atoms with van der Waals surface area (Å²) in [4.78, 5) is 24.3. The molecule has 6 aliphatic rings. The van der Waals surface area contributed by atoms with Gasteiger partial charge in [-0.2, -0.15) is 0 Å². The zero-order valence-corrected chi connectivity index (χ0v) is 38.9. The molecule has 0 aromatic carbocycles. The maximum Gasteiger partial charge on any atom is 0.217 e. The summed E-state index contributed by atoms with van der Waals surface area (Å²) >= 11 is 0. The monoisotopic (exact) mass is 1070 g/mol. The number of amides is 2. The molecule has 2 amide bonds. The molecule has 6 heterocycles. The number of aliphatic hydroxyl groups is 18. The van der Waals surface area contributed by atoms with Gasteiger partial charge in [0.05, 0.1) is 39.6 Å². The molecule has 6 fully saturated rings. The minimum atomic E-state index is -2.19. The molecule has 0 bridgehead atoms. The third kappa shape index (κ3) is 13.0. The van der Waals surface area contributed by atoms with Crippen LogP contribution in [0.25, 0.3) is 0 Å². The molecule has 0 aliphatic carbocycles.